The Kier molecular flexibility index (Phi) is 7.04. The van der Waals surface area contributed by atoms with Crippen LogP contribution in [0.3, 0.4) is 0 Å². The number of aliphatic hydroxyl groups is 4. The highest BCUT2D eigenvalue weighted by Gasteiger charge is 2.48. The number of hydrogen-bond acceptors (Lipinski definition) is 8. The van der Waals surface area contributed by atoms with Crippen molar-refractivity contribution in [2.24, 2.45) is 0 Å². The van der Waals surface area contributed by atoms with Crippen LogP contribution in [-0.2, 0) is 19.1 Å². The highest BCUT2D eigenvalue weighted by molar-refractivity contribution is 5.78. The van der Waals surface area contributed by atoms with Crippen LogP contribution in [-0.4, -0.2) is 68.2 Å². The van der Waals surface area contributed by atoms with E-state index in [1.54, 1.807) is 48.5 Å². The molecule has 5 N–H and O–H groups in total. The fourth-order valence-electron chi connectivity index (χ4n) is 3.33. The van der Waals surface area contributed by atoms with Gasteiger partial charge in [-0.2, -0.15) is 0 Å². The van der Waals surface area contributed by atoms with Crippen molar-refractivity contribution < 1.29 is 44.6 Å². The molecule has 0 aliphatic carbocycles. The van der Waals surface area contributed by atoms with Crippen LogP contribution in [0.4, 0.5) is 0 Å². The Balaban J connectivity index is 1.73. The quantitative estimate of drug-likeness (QED) is 0.406. The Hall–Kier alpha value is -2.82. The van der Waals surface area contributed by atoms with E-state index in [2.05, 4.69) is 0 Å². The van der Waals surface area contributed by atoms with Crippen molar-refractivity contribution in [1.82, 2.24) is 0 Å². The number of ether oxygens (including phenoxy) is 2. The van der Waals surface area contributed by atoms with Gasteiger partial charge in [0.25, 0.3) is 0 Å². The Bertz CT molecular complexity index is 916. The molecule has 0 saturated carbocycles. The van der Waals surface area contributed by atoms with Crippen LogP contribution in [0.25, 0.3) is 0 Å². The maximum atomic E-state index is 12.6. The van der Waals surface area contributed by atoms with Gasteiger partial charge in [-0.1, -0.05) is 54.6 Å². The zero-order valence-corrected chi connectivity index (χ0v) is 16.6. The number of carboxylic acids is 1. The van der Waals surface area contributed by atoms with E-state index in [0.29, 0.717) is 16.7 Å². The first kappa shape index (κ1) is 22.9. The molecular formula is C22H24O9. The maximum Gasteiger partial charge on any atom is 0.335 e. The second-order valence-corrected chi connectivity index (χ2v) is 7.38. The van der Waals surface area contributed by atoms with Crippen LogP contribution in [0.1, 0.15) is 35.6 Å². The van der Waals surface area contributed by atoms with Gasteiger partial charge >= 0.3 is 11.9 Å². The summed E-state index contributed by atoms with van der Waals surface area (Å²) in [7, 11) is 0. The smallest absolute Gasteiger partial charge is 0.335 e. The van der Waals surface area contributed by atoms with Crippen molar-refractivity contribution in [2.45, 2.75) is 49.7 Å². The molecule has 1 aliphatic rings. The van der Waals surface area contributed by atoms with Crippen molar-refractivity contribution in [3.63, 3.8) is 0 Å². The number of carboxylic acid groups (broad SMARTS) is 1. The molecule has 0 radical (unpaired) electrons. The number of carbonyl (C=O) groups excluding carboxylic acids is 1. The van der Waals surface area contributed by atoms with Gasteiger partial charge in [-0.15, -0.1) is 0 Å². The Morgan fingerprint density at radius 3 is 2.16 bits per heavy atom. The maximum absolute atomic E-state index is 12.6. The van der Waals surface area contributed by atoms with Gasteiger partial charge in [-0.05, 0) is 23.6 Å². The molecule has 0 amide bonds. The minimum Gasteiger partial charge on any atom is -0.479 e. The van der Waals surface area contributed by atoms with E-state index in [0.717, 1.165) is 0 Å². The van der Waals surface area contributed by atoms with Gasteiger partial charge < -0.3 is 35.0 Å². The van der Waals surface area contributed by atoms with Crippen LogP contribution in [0.5, 0.6) is 0 Å². The van der Waals surface area contributed by atoms with Gasteiger partial charge in [-0.3, -0.25) is 4.79 Å². The molecule has 7 atom stereocenters. The first-order valence-corrected chi connectivity index (χ1v) is 9.66. The summed E-state index contributed by atoms with van der Waals surface area (Å²) in [6.07, 6.45) is -10.1. The van der Waals surface area contributed by atoms with Crippen molar-refractivity contribution in [3.8, 4) is 0 Å². The molecule has 0 bridgehead atoms. The van der Waals surface area contributed by atoms with Crippen molar-refractivity contribution in [3.05, 3.63) is 71.3 Å². The van der Waals surface area contributed by atoms with Gasteiger partial charge in [0.1, 0.15) is 24.4 Å². The first-order valence-electron chi connectivity index (χ1n) is 9.66. The molecule has 31 heavy (non-hydrogen) atoms. The van der Waals surface area contributed by atoms with Crippen molar-refractivity contribution >= 4 is 11.9 Å². The lowest BCUT2D eigenvalue weighted by Gasteiger charge is -2.38. The highest BCUT2D eigenvalue weighted by Crippen LogP contribution is 2.28. The van der Waals surface area contributed by atoms with E-state index in [4.69, 9.17) is 14.6 Å². The summed E-state index contributed by atoms with van der Waals surface area (Å²) in [4.78, 5) is 23.8. The molecule has 1 heterocycles. The van der Waals surface area contributed by atoms with Crippen LogP contribution in [0.2, 0.25) is 0 Å². The molecule has 1 fully saturated rings. The minimum absolute atomic E-state index is 0.512. The first-order chi connectivity index (χ1) is 14.7. The third-order valence-electron chi connectivity index (χ3n) is 5.24. The van der Waals surface area contributed by atoms with Gasteiger partial charge in [0, 0.05) is 0 Å². The largest absolute Gasteiger partial charge is 0.479 e. The molecule has 9 heteroatoms. The fourth-order valence-corrected chi connectivity index (χ4v) is 3.33. The Labute approximate surface area is 178 Å². The zero-order chi connectivity index (χ0) is 22.7. The molecule has 0 spiro atoms. The number of carbonyl (C=O) groups is 2. The Morgan fingerprint density at radius 2 is 1.52 bits per heavy atom. The lowest BCUT2D eigenvalue weighted by Crippen LogP contribution is -2.60. The van der Waals surface area contributed by atoms with Crippen molar-refractivity contribution in [2.75, 3.05) is 0 Å². The molecule has 1 saturated heterocycles. The SMILES string of the molecule is CC(C(=O)O[C@@H]1OC(C(=O)O)[C@@H](O)C(O)[C@@H]1O)c1cccc(C(O)c2ccccc2)c1. The highest BCUT2D eigenvalue weighted by atomic mass is 16.7. The number of aliphatic carboxylic acids is 1. The molecule has 9 nitrogen and oxygen atoms in total. The average molecular weight is 432 g/mol. The summed E-state index contributed by atoms with van der Waals surface area (Å²) < 4.78 is 10.1. The molecule has 2 aromatic carbocycles. The van der Waals surface area contributed by atoms with Crippen LogP contribution < -0.4 is 0 Å². The van der Waals surface area contributed by atoms with Crippen LogP contribution >= 0.6 is 0 Å². The summed E-state index contributed by atoms with van der Waals surface area (Å²) in [6.45, 7) is 1.53. The fraction of sp³-hybridized carbons (Fsp3) is 0.364. The topological polar surface area (TPSA) is 154 Å². The third kappa shape index (κ3) is 4.92. The lowest BCUT2D eigenvalue weighted by atomic mass is 9.95. The molecule has 2 aromatic rings. The van der Waals surface area contributed by atoms with E-state index < -0.39 is 54.7 Å². The second-order valence-electron chi connectivity index (χ2n) is 7.38. The normalized spacial score (nSPS) is 27.8. The Morgan fingerprint density at radius 1 is 0.903 bits per heavy atom. The lowest BCUT2D eigenvalue weighted by molar-refractivity contribution is -0.286. The minimum atomic E-state index is -1.88. The molecule has 1 aliphatic heterocycles. The zero-order valence-electron chi connectivity index (χ0n) is 16.6. The summed E-state index contributed by atoms with van der Waals surface area (Å²) >= 11 is 0. The van der Waals surface area contributed by atoms with E-state index in [1.807, 2.05) is 6.07 Å². The van der Waals surface area contributed by atoms with E-state index >= 15 is 0 Å². The standard InChI is InChI=1S/C22H24O9/c1-11(13-8-5-9-14(10-13)15(23)12-6-3-2-4-7-12)21(29)31-22-18(26)16(24)17(25)19(30-22)20(27)28/h2-11,15-19,22-26H,1H3,(H,27,28)/t11?,15?,16?,17-,18-,19?,22-/m0/s1. The van der Waals surface area contributed by atoms with E-state index in [1.165, 1.54) is 6.92 Å². The molecule has 166 valence electrons. The number of aliphatic hydroxyl groups excluding tert-OH is 4. The average Bonchev–Trinajstić information content (AvgIpc) is 2.78. The van der Waals surface area contributed by atoms with Crippen molar-refractivity contribution in [1.29, 1.82) is 0 Å². The monoisotopic (exact) mass is 432 g/mol. The molecular weight excluding hydrogens is 408 g/mol. The van der Waals surface area contributed by atoms with E-state index in [9.17, 15) is 30.0 Å². The summed E-state index contributed by atoms with van der Waals surface area (Å²) in [5.74, 6) is -3.27. The third-order valence-corrected chi connectivity index (χ3v) is 5.24. The number of esters is 1. The predicted molar refractivity (Wildman–Crippen MR) is 106 cm³/mol. The van der Waals surface area contributed by atoms with Crippen LogP contribution in [0.15, 0.2) is 54.6 Å². The summed E-state index contributed by atoms with van der Waals surface area (Å²) in [5.41, 5.74) is 1.75. The predicted octanol–water partition coefficient (Wildman–Crippen LogP) is 0.307. The van der Waals surface area contributed by atoms with Gasteiger partial charge in [-0.25, -0.2) is 4.79 Å². The number of hydrogen-bond donors (Lipinski definition) is 5. The van der Waals surface area contributed by atoms with Gasteiger partial charge in [0.05, 0.1) is 5.92 Å². The van der Waals surface area contributed by atoms with E-state index in [-0.39, 0.29) is 0 Å². The number of benzene rings is 2. The number of rotatable bonds is 6. The molecule has 3 rings (SSSR count). The summed E-state index contributed by atoms with van der Waals surface area (Å²) in [6, 6.07) is 15.7. The molecule has 0 aromatic heterocycles. The van der Waals surface area contributed by atoms with Crippen LogP contribution in [0, 0.1) is 0 Å². The van der Waals surface area contributed by atoms with Gasteiger partial charge in [0.15, 0.2) is 6.10 Å². The molecule has 4 unspecified atom stereocenters. The summed E-state index contributed by atoms with van der Waals surface area (Å²) in [5, 5.41) is 49.3. The van der Waals surface area contributed by atoms with Gasteiger partial charge in [0.2, 0.25) is 6.29 Å². The second kappa shape index (κ2) is 9.54.